The first-order chi connectivity index (χ1) is 16.5. The van der Waals surface area contributed by atoms with Crippen LogP contribution in [0.4, 0.5) is 0 Å². The fraction of sp³-hybridized carbons (Fsp3) is 0.214. The minimum absolute atomic E-state index is 0.00161. The molecule has 6 heteroatoms. The number of hydrogen-bond donors (Lipinski definition) is 1. The van der Waals surface area contributed by atoms with Crippen molar-refractivity contribution in [2.45, 2.75) is 39.4 Å². The Labute approximate surface area is 211 Å². The van der Waals surface area contributed by atoms with Crippen molar-refractivity contribution in [2.75, 3.05) is 0 Å². The third-order valence-corrected chi connectivity index (χ3v) is 7.35. The predicted molar refractivity (Wildman–Crippen MR) is 142 cm³/mol. The van der Waals surface area contributed by atoms with Crippen LogP contribution in [0.25, 0.3) is 5.69 Å². The summed E-state index contributed by atoms with van der Waals surface area (Å²) in [5, 5.41) is 5.06. The molecule has 5 rings (SSSR count). The Hall–Kier alpha value is -3.15. The van der Waals surface area contributed by atoms with Crippen molar-refractivity contribution in [3.63, 3.8) is 0 Å². The molecule has 0 aliphatic carbocycles. The molecule has 1 N–H and O–H groups in total. The second-order valence-corrected chi connectivity index (χ2v) is 9.59. The molecule has 2 atom stereocenters. The molecule has 0 bridgehead atoms. The monoisotopic (exact) mass is 486 g/mol. The molecule has 0 spiro atoms. The van der Waals surface area contributed by atoms with Crippen LogP contribution in [0.15, 0.2) is 79.0 Å². The zero-order chi connectivity index (χ0) is 23.8. The summed E-state index contributed by atoms with van der Waals surface area (Å²) in [6.45, 7) is 7.29. The van der Waals surface area contributed by atoms with E-state index in [9.17, 15) is 0 Å². The third kappa shape index (κ3) is 3.99. The summed E-state index contributed by atoms with van der Waals surface area (Å²) < 4.78 is 2.30. The van der Waals surface area contributed by atoms with E-state index in [4.69, 9.17) is 28.8 Å². The first kappa shape index (κ1) is 22.6. The number of nitrogens with one attached hydrogen (secondary N) is 1. The third-order valence-electron chi connectivity index (χ3n) is 6.76. The first-order valence-corrected chi connectivity index (χ1v) is 12.2. The SMILES string of the molecule is Cc1c(C2C(c3ccccn3)NC(=S)N2Cc2ccccc2)c(C)n(-c2cccc(Cl)c2)c1C. The maximum Gasteiger partial charge on any atom is 0.170 e. The summed E-state index contributed by atoms with van der Waals surface area (Å²) in [6.07, 6.45) is 1.85. The molecule has 2 aromatic heterocycles. The molecular weight excluding hydrogens is 460 g/mol. The molecule has 1 fully saturated rings. The Morgan fingerprint density at radius 3 is 2.41 bits per heavy atom. The number of thiocarbonyl (C=S) groups is 1. The van der Waals surface area contributed by atoms with E-state index in [-0.39, 0.29) is 12.1 Å². The summed E-state index contributed by atoms with van der Waals surface area (Å²) in [5.74, 6) is 0. The van der Waals surface area contributed by atoms with Gasteiger partial charge in [0, 0.05) is 40.4 Å². The van der Waals surface area contributed by atoms with Gasteiger partial charge in [-0.2, -0.15) is 0 Å². The number of hydrogen-bond acceptors (Lipinski definition) is 2. The summed E-state index contributed by atoms with van der Waals surface area (Å²) in [6, 6.07) is 24.5. The standard InChI is InChI=1S/C28H27ClN4S/c1-18-19(2)33(23-13-9-12-22(29)16-23)20(3)25(18)27-26(24-14-7-8-15-30-24)31-28(34)32(27)17-21-10-5-4-6-11-21/h4-16,26-27H,17H2,1-3H3,(H,31,34). The average Bonchev–Trinajstić information content (AvgIpc) is 3.27. The Kier molecular flexibility index (Phi) is 6.15. The van der Waals surface area contributed by atoms with Crippen LogP contribution in [0, 0.1) is 20.8 Å². The first-order valence-electron chi connectivity index (χ1n) is 11.4. The summed E-state index contributed by atoms with van der Waals surface area (Å²) >= 11 is 12.2. The zero-order valence-electron chi connectivity index (χ0n) is 19.5. The van der Waals surface area contributed by atoms with E-state index in [1.807, 2.05) is 42.6 Å². The number of rotatable bonds is 5. The van der Waals surface area contributed by atoms with Crippen molar-refractivity contribution < 1.29 is 0 Å². The van der Waals surface area contributed by atoms with Gasteiger partial charge >= 0.3 is 0 Å². The second-order valence-electron chi connectivity index (χ2n) is 8.76. The highest BCUT2D eigenvalue weighted by molar-refractivity contribution is 7.80. The van der Waals surface area contributed by atoms with Crippen molar-refractivity contribution in [1.29, 1.82) is 0 Å². The molecule has 1 aliphatic rings. The topological polar surface area (TPSA) is 33.1 Å². The lowest BCUT2D eigenvalue weighted by Gasteiger charge is -2.29. The molecule has 4 aromatic rings. The van der Waals surface area contributed by atoms with Crippen LogP contribution < -0.4 is 5.32 Å². The highest BCUT2D eigenvalue weighted by atomic mass is 35.5. The molecule has 0 radical (unpaired) electrons. The van der Waals surface area contributed by atoms with E-state index in [1.165, 1.54) is 28.1 Å². The molecule has 1 saturated heterocycles. The van der Waals surface area contributed by atoms with Gasteiger partial charge < -0.3 is 14.8 Å². The number of nitrogens with zero attached hydrogens (tertiary/aromatic N) is 3. The number of pyridine rings is 1. The van der Waals surface area contributed by atoms with E-state index >= 15 is 0 Å². The second kappa shape index (κ2) is 9.24. The predicted octanol–water partition coefficient (Wildman–Crippen LogP) is 6.62. The molecule has 3 heterocycles. The van der Waals surface area contributed by atoms with Crippen LogP contribution in [-0.4, -0.2) is 19.6 Å². The highest BCUT2D eigenvalue weighted by Gasteiger charge is 2.42. The smallest absolute Gasteiger partial charge is 0.170 e. The maximum absolute atomic E-state index is 6.35. The van der Waals surface area contributed by atoms with E-state index < -0.39 is 0 Å². The molecule has 4 nitrogen and oxygen atoms in total. The van der Waals surface area contributed by atoms with Gasteiger partial charge in [-0.1, -0.05) is 54.1 Å². The van der Waals surface area contributed by atoms with E-state index in [0.717, 1.165) is 28.1 Å². The summed E-state index contributed by atoms with van der Waals surface area (Å²) in [5.41, 5.74) is 8.19. The van der Waals surface area contributed by atoms with E-state index in [2.05, 4.69) is 72.0 Å². The van der Waals surface area contributed by atoms with E-state index in [0.29, 0.717) is 0 Å². The van der Waals surface area contributed by atoms with Gasteiger partial charge in [-0.15, -0.1) is 0 Å². The Morgan fingerprint density at radius 1 is 0.941 bits per heavy atom. The summed E-state index contributed by atoms with van der Waals surface area (Å²) in [4.78, 5) is 7.00. The number of aromatic nitrogens is 2. The normalized spacial score (nSPS) is 17.8. The Bertz CT molecular complexity index is 1330. The fourth-order valence-electron chi connectivity index (χ4n) is 5.11. The number of halogens is 1. The van der Waals surface area contributed by atoms with Gasteiger partial charge in [0.1, 0.15) is 0 Å². The molecular formula is C28H27ClN4S. The number of benzene rings is 2. The zero-order valence-corrected chi connectivity index (χ0v) is 21.1. The minimum Gasteiger partial charge on any atom is -0.352 e. The Morgan fingerprint density at radius 2 is 1.71 bits per heavy atom. The van der Waals surface area contributed by atoms with Crippen LogP contribution in [0.5, 0.6) is 0 Å². The molecule has 2 unspecified atom stereocenters. The maximum atomic E-state index is 6.35. The van der Waals surface area contributed by atoms with Crippen LogP contribution in [0.3, 0.4) is 0 Å². The quantitative estimate of drug-likeness (QED) is 0.321. The van der Waals surface area contributed by atoms with Gasteiger partial charge in [0.05, 0.1) is 17.8 Å². The minimum atomic E-state index is -0.0515. The van der Waals surface area contributed by atoms with Crippen LogP contribution >= 0.6 is 23.8 Å². The molecule has 0 saturated carbocycles. The average molecular weight is 487 g/mol. The van der Waals surface area contributed by atoms with Gasteiger partial charge in [-0.05, 0) is 74.4 Å². The van der Waals surface area contributed by atoms with Crippen molar-refractivity contribution in [1.82, 2.24) is 19.8 Å². The van der Waals surface area contributed by atoms with Crippen molar-refractivity contribution in [3.8, 4) is 5.69 Å². The highest BCUT2D eigenvalue weighted by Crippen LogP contribution is 2.44. The van der Waals surface area contributed by atoms with Crippen molar-refractivity contribution in [2.24, 2.45) is 0 Å². The lowest BCUT2D eigenvalue weighted by atomic mass is 9.93. The van der Waals surface area contributed by atoms with Gasteiger partial charge in [0.15, 0.2) is 5.11 Å². The molecule has 1 aliphatic heterocycles. The van der Waals surface area contributed by atoms with Gasteiger partial charge in [-0.25, -0.2) is 0 Å². The van der Waals surface area contributed by atoms with Gasteiger partial charge in [0.25, 0.3) is 0 Å². The van der Waals surface area contributed by atoms with Crippen LogP contribution in [-0.2, 0) is 6.54 Å². The molecule has 0 amide bonds. The van der Waals surface area contributed by atoms with E-state index in [1.54, 1.807) is 0 Å². The van der Waals surface area contributed by atoms with Crippen molar-refractivity contribution in [3.05, 3.63) is 118 Å². The summed E-state index contributed by atoms with van der Waals surface area (Å²) in [7, 11) is 0. The van der Waals surface area contributed by atoms with Gasteiger partial charge in [0.2, 0.25) is 0 Å². The molecule has 34 heavy (non-hydrogen) atoms. The molecule has 172 valence electrons. The van der Waals surface area contributed by atoms with Gasteiger partial charge in [-0.3, -0.25) is 4.98 Å². The van der Waals surface area contributed by atoms with Crippen LogP contribution in [0.2, 0.25) is 5.02 Å². The molecule has 2 aromatic carbocycles. The van der Waals surface area contributed by atoms with Crippen LogP contribution in [0.1, 0.15) is 45.9 Å². The largest absolute Gasteiger partial charge is 0.352 e. The lowest BCUT2D eigenvalue weighted by Crippen LogP contribution is -2.29. The van der Waals surface area contributed by atoms with Crippen molar-refractivity contribution >= 4 is 28.9 Å². The lowest BCUT2D eigenvalue weighted by molar-refractivity contribution is 0.309. The Balaban J connectivity index is 1.67. The fourth-order valence-corrected chi connectivity index (χ4v) is 5.60.